The van der Waals surface area contributed by atoms with Crippen LogP contribution in [0.2, 0.25) is 0 Å². The molecule has 0 bridgehead atoms. The lowest BCUT2D eigenvalue weighted by molar-refractivity contribution is -0.105. The fraction of sp³-hybridized carbons (Fsp3) is 0.379. The molecule has 0 unspecified atom stereocenters. The first kappa shape index (κ1) is 28.6. The molecule has 1 aliphatic heterocycles. The molecule has 5 rings (SSSR count). The first-order valence-electron chi connectivity index (χ1n) is 13.1. The summed E-state index contributed by atoms with van der Waals surface area (Å²) in [5, 5.41) is 13.7. The Labute approximate surface area is 233 Å². The summed E-state index contributed by atoms with van der Waals surface area (Å²) in [7, 11) is 1.82. The van der Waals surface area contributed by atoms with E-state index in [4.69, 9.17) is 14.0 Å². The number of hydrogen-bond donors (Lipinski definition) is 2. The molecule has 1 aromatic carbocycles. The van der Waals surface area contributed by atoms with Gasteiger partial charge < -0.3 is 24.6 Å². The Balaban J connectivity index is 0.000000283. The lowest BCUT2D eigenvalue weighted by Gasteiger charge is -2.26. The third-order valence-corrected chi connectivity index (χ3v) is 6.07. The molecule has 2 N–H and O–H groups in total. The zero-order chi connectivity index (χ0) is 28.4. The van der Waals surface area contributed by atoms with Crippen molar-refractivity contribution in [2.45, 2.75) is 26.2 Å². The largest absolute Gasteiger partial charge is 0.490 e. The second-order valence-corrected chi connectivity index (χ2v) is 10.1. The third kappa shape index (κ3) is 8.05. The Hall–Kier alpha value is -4.40. The van der Waals surface area contributed by atoms with Gasteiger partial charge in [-0.3, -0.25) is 9.69 Å². The number of fused-ring (bicyclic) bond motifs is 1. The van der Waals surface area contributed by atoms with E-state index in [0.29, 0.717) is 30.1 Å². The Morgan fingerprint density at radius 3 is 2.52 bits per heavy atom. The number of aromatic nitrogens is 4. The lowest BCUT2D eigenvalue weighted by Crippen LogP contribution is -2.38. The van der Waals surface area contributed by atoms with Gasteiger partial charge >= 0.3 is 0 Å². The van der Waals surface area contributed by atoms with Gasteiger partial charge in [0.2, 0.25) is 6.41 Å². The van der Waals surface area contributed by atoms with Crippen molar-refractivity contribution in [2.24, 2.45) is 0 Å². The van der Waals surface area contributed by atoms with E-state index in [2.05, 4.69) is 63.4 Å². The molecular formula is C29H35N7O4. The fourth-order valence-corrected chi connectivity index (χ4v) is 3.74. The van der Waals surface area contributed by atoms with Crippen LogP contribution in [0.4, 0.5) is 11.5 Å². The Morgan fingerprint density at radius 1 is 1.10 bits per heavy atom. The molecule has 0 atom stereocenters. The Bertz CT molecular complexity index is 1440. The van der Waals surface area contributed by atoms with Gasteiger partial charge in [0.15, 0.2) is 11.5 Å². The van der Waals surface area contributed by atoms with Crippen LogP contribution in [0.5, 0.6) is 5.75 Å². The van der Waals surface area contributed by atoms with Crippen molar-refractivity contribution in [2.75, 3.05) is 57.1 Å². The summed E-state index contributed by atoms with van der Waals surface area (Å²) >= 11 is 0. The maximum absolute atomic E-state index is 10.4. The van der Waals surface area contributed by atoms with Gasteiger partial charge in [-0.2, -0.15) is 5.10 Å². The second-order valence-electron chi connectivity index (χ2n) is 10.1. The van der Waals surface area contributed by atoms with Gasteiger partial charge in [0, 0.05) is 55.5 Å². The third-order valence-electron chi connectivity index (χ3n) is 6.07. The average molecular weight is 546 g/mol. The highest BCUT2D eigenvalue weighted by Gasteiger charge is 2.19. The number of morpholine rings is 1. The van der Waals surface area contributed by atoms with E-state index in [1.54, 1.807) is 29.0 Å². The van der Waals surface area contributed by atoms with Gasteiger partial charge in [0.25, 0.3) is 0 Å². The van der Waals surface area contributed by atoms with E-state index in [1.165, 1.54) is 0 Å². The van der Waals surface area contributed by atoms with Crippen LogP contribution in [0, 0.1) is 11.8 Å². The number of imidazole rings is 1. The molecular weight excluding hydrogens is 510 g/mol. The number of carbonyl (C=O) groups excluding carboxylic acids is 1. The summed E-state index contributed by atoms with van der Waals surface area (Å²) in [5.74, 6) is 8.54. The minimum atomic E-state index is 0.0437. The number of anilines is 2. The predicted octanol–water partition coefficient (Wildman–Crippen LogP) is 3.42. The minimum Gasteiger partial charge on any atom is -0.490 e. The van der Waals surface area contributed by atoms with Crippen molar-refractivity contribution in [3.63, 3.8) is 0 Å². The molecule has 1 saturated heterocycles. The quantitative estimate of drug-likeness (QED) is 0.266. The van der Waals surface area contributed by atoms with Crippen molar-refractivity contribution in [3.05, 3.63) is 65.8 Å². The van der Waals surface area contributed by atoms with Crippen LogP contribution in [0.25, 0.3) is 5.65 Å². The molecule has 4 aromatic rings. The molecule has 4 heterocycles. The zero-order valence-electron chi connectivity index (χ0n) is 23.3. The van der Waals surface area contributed by atoms with Crippen LogP contribution >= 0.6 is 0 Å². The van der Waals surface area contributed by atoms with Gasteiger partial charge in [-0.15, -0.1) is 0 Å². The van der Waals surface area contributed by atoms with Crippen molar-refractivity contribution >= 4 is 23.6 Å². The van der Waals surface area contributed by atoms with Crippen LogP contribution in [-0.4, -0.2) is 77.6 Å². The van der Waals surface area contributed by atoms with Crippen molar-refractivity contribution < 1.29 is 18.8 Å². The highest BCUT2D eigenvalue weighted by Crippen LogP contribution is 2.24. The van der Waals surface area contributed by atoms with Crippen LogP contribution in [0.1, 0.15) is 37.8 Å². The predicted molar refractivity (Wildman–Crippen MR) is 153 cm³/mol. The van der Waals surface area contributed by atoms with E-state index >= 15 is 0 Å². The first-order valence-corrected chi connectivity index (χ1v) is 13.1. The summed E-state index contributed by atoms with van der Waals surface area (Å²) in [5.41, 5.74) is 2.98. The van der Waals surface area contributed by atoms with Crippen LogP contribution < -0.4 is 15.4 Å². The molecule has 0 saturated carbocycles. The molecule has 0 aliphatic carbocycles. The molecule has 1 amide bonds. The monoisotopic (exact) mass is 545 g/mol. The summed E-state index contributed by atoms with van der Waals surface area (Å²) in [6, 6.07) is 11.1. The molecule has 11 nitrogen and oxygen atoms in total. The van der Waals surface area contributed by atoms with Gasteiger partial charge in [0.1, 0.15) is 23.8 Å². The Morgan fingerprint density at radius 2 is 1.88 bits per heavy atom. The summed E-state index contributed by atoms with van der Waals surface area (Å²) in [6.07, 6.45) is 4.01. The number of carbonyl (C=O) groups is 1. The van der Waals surface area contributed by atoms with Gasteiger partial charge in [-0.1, -0.05) is 31.8 Å². The number of nitrogens with one attached hydrogen (secondary N) is 2. The number of rotatable bonds is 7. The first-order chi connectivity index (χ1) is 19.4. The van der Waals surface area contributed by atoms with E-state index in [9.17, 15) is 4.79 Å². The zero-order valence-corrected chi connectivity index (χ0v) is 23.3. The SMILES string of the molecule is CNc1cc(C(C)(C)C)on1.O=CNc1ccc(C#Cc2cnc3cc(OCCN4CCOCC4)cnn23)cc1. The highest BCUT2D eigenvalue weighted by atomic mass is 16.5. The van der Waals surface area contributed by atoms with E-state index in [-0.39, 0.29) is 5.41 Å². The summed E-state index contributed by atoms with van der Waals surface area (Å²) < 4.78 is 18.0. The van der Waals surface area contributed by atoms with Crippen molar-refractivity contribution in [1.29, 1.82) is 0 Å². The van der Waals surface area contributed by atoms with E-state index < -0.39 is 0 Å². The second kappa shape index (κ2) is 13.6. The molecule has 210 valence electrons. The van der Waals surface area contributed by atoms with Gasteiger partial charge in [-0.25, -0.2) is 9.50 Å². The minimum absolute atomic E-state index is 0.0437. The summed E-state index contributed by atoms with van der Waals surface area (Å²) in [4.78, 5) is 17.1. The van der Waals surface area contributed by atoms with Crippen LogP contribution in [0.3, 0.4) is 0 Å². The molecule has 11 heteroatoms. The summed E-state index contributed by atoms with van der Waals surface area (Å²) in [6.45, 7) is 11.2. The molecule has 0 spiro atoms. The normalized spacial score (nSPS) is 13.5. The van der Waals surface area contributed by atoms with Crippen LogP contribution in [-0.2, 0) is 14.9 Å². The molecule has 40 heavy (non-hydrogen) atoms. The van der Waals surface area contributed by atoms with E-state index in [0.717, 1.165) is 55.7 Å². The number of hydrogen-bond acceptors (Lipinski definition) is 9. The number of nitrogens with zero attached hydrogens (tertiary/aromatic N) is 5. The maximum Gasteiger partial charge on any atom is 0.211 e. The molecule has 1 fully saturated rings. The molecule has 1 aliphatic rings. The lowest BCUT2D eigenvalue weighted by atomic mass is 9.93. The standard InChI is InChI=1S/C21H21N5O3.C8H14N2O/c27-16-23-18-4-1-17(2-5-18)3-6-19-14-22-21-13-20(15-24-26(19)21)29-12-9-25-7-10-28-11-8-25;1-8(2,3)6-5-7(9-4)10-11-6/h1-2,4-5,13-16H,7-12H2,(H,23,27);5H,1-4H3,(H,9,10). The average Bonchev–Trinajstić information content (AvgIpc) is 3.61. The van der Waals surface area contributed by atoms with Crippen LogP contribution in [0.15, 0.2) is 53.3 Å². The topological polar surface area (TPSA) is 119 Å². The fourth-order valence-electron chi connectivity index (χ4n) is 3.74. The van der Waals surface area contributed by atoms with Crippen molar-refractivity contribution in [3.8, 4) is 17.6 Å². The highest BCUT2D eigenvalue weighted by molar-refractivity contribution is 5.71. The van der Waals surface area contributed by atoms with Gasteiger partial charge in [0.05, 0.1) is 25.6 Å². The van der Waals surface area contributed by atoms with Crippen molar-refractivity contribution in [1.82, 2.24) is 24.7 Å². The molecule has 3 aromatic heterocycles. The van der Waals surface area contributed by atoms with Gasteiger partial charge in [-0.05, 0) is 30.2 Å². The smallest absolute Gasteiger partial charge is 0.211 e. The maximum atomic E-state index is 10.4. The molecule has 0 radical (unpaired) electrons. The number of benzene rings is 1. The number of ether oxygens (including phenoxy) is 2. The Kier molecular flexibility index (Phi) is 9.72. The number of amides is 1. The van der Waals surface area contributed by atoms with E-state index in [1.807, 2.05) is 31.3 Å².